The van der Waals surface area contributed by atoms with Crippen LogP contribution in [0.15, 0.2) is 36.5 Å². The van der Waals surface area contributed by atoms with Gasteiger partial charge < -0.3 is 20.9 Å². The molecule has 1 amide bonds. The number of hydrogen-bond donors (Lipinski definition) is 3. The number of nitrogens with one attached hydrogen (secondary N) is 1. The fourth-order valence-corrected chi connectivity index (χ4v) is 4.70. The van der Waals surface area contributed by atoms with Gasteiger partial charge in [0.2, 0.25) is 11.8 Å². The molecule has 1 aromatic heterocycles. The number of aliphatic hydroxyl groups excluding tert-OH is 1. The summed E-state index contributed by atoms with van der Waals surface area (Å²) in [6, 6.07) is 9.29. The second kappa shape index (κ2) is 10.3. The molecule has 1 saturated heterocycles. The Morgan fingerprint density at radius 3 is 2.62 bits per heavy atom. The van der Waals surface area contributed by atoms with E-state index in [0.29, 0.717) is 31.4 Å². The van der Waals surface area contributed by atoms with Crippen LogP contribution in [0.5, 0.6) is 5.88 Å². The first-order valence-corrected chi connectivity index (χ1v) is 11.4. The van der Waals surface area contributed by atoms with Gasteiger partial charge in [-0.1, -0.05) is 24.3 Å². The van der Waals surface area contributed by atoms with Crippen LogP contribution in [0.1, 0.15) is 39.9 Å². The number of nitrogens with two attached hydrogens (primary N) is 1. The molecule has 184 valence electrons. The SMILES string of the molecule is NC(=O)c1ccnc(OC2CCN(CC(F)(F)F)CC2)c1C[C@@H](O)[C@@H]1Cc2ccccc2CN1. The maximum atomic E-state index is 12.7. The Kier molecular flexibility index (Phi) is 7.39. The highest BCUT2D eigenvalue weighted by Crippen LogP contribution is 2.28. The number of hydrogen-bond acceptors (Lipinski definition) is 6. The van der Waals surface area contributed by atoms with Crippen LogP contribution in [0, 0.1) is 0 Å². The van der Waals surface area contributed by atoms with Crippen LogP contribution in [0.3, 0.4) is 0 Å². The van der Waals surface area contributed by atoms with Crippen molar-refractivity contribution in [1.29, 1.82) is 0 Å². The number of alkyl halides is 3. The normalized spacial score (nSPS) is 20.5. The van der Waals surface area contributed by atoms with Gasteiger partial charge in [-0.2, -0.15) is 13.2 Å². The highest BCUT2D eigenvalue weighted by Gasteiger charge is 2.33. The number of benzene rings is 1. The van der Waals surface area contributed by atoms with Crippen molar-refractivity contribution in [3.05, 3.63) is 58.8 Å². The van der Waals surface area contributed by atoms with E-state index in [0.717, 1.165) is 5.56 Å². The second-order valence-corrected chi connectivity index (χ2v) is 8.95. The van der Waals surface area contributed by atoms with Crippen LogP contribution in [0.4, 0.5) is 13.2 Å². The van der Waals surface area contributed by atoms with Gasteiger partial charge in [-0.05, 0) is 36.5 Å². The molecule has 0 spiro atoms. The monoisotopic (exact) mass is 478 g/mol. The number of carbonyl (C=O) groups is 1. The first-order valence-electron chi connectivity index (χ1n) is 11.4. The fraction of sp³-hybridized carbons (Fsp3) is 0.500. The highest BCUT2D eigenvalue weighted by atomic mass is 19.4. The summed E-state index contributed by atoms with van der Waals surface area (Å²) in [5, 5.41) is 14.4. The first kappa shape index (κ1) is 24.4. The number of rotatable bonds is 7. The molecule has 34 heavy (non-hydrogen) atoms. The fourth-order valence-electron chi connectivity index (χ4n) is 4.70. The number of fused-ring (bicyclic) bond motifs is 1. The highest BCUT2D eigenvalue weighted by molar-refractivity contribution is 5.94. The number of piperidine rings is 1. The molecular weight excluding hydrogens is 449 g/mol. The Morgan fingerprint density at radius 2 is 1.94 bits per heavy atom. The van der Waals surface area contributed by atoms with E-state index >= 15 is 0 Å². The molecule has 0 aliphatic carbocycles. The third-order valence-electron chi connectivity index (χ3n) is 6.49. The van der Waals surface area contributed by atoms with E-state index < -0.39 is 24.7 Å². The van der Waals surface area contributed by atoms with Crippen molar-refractivity contribution in [1.82, 2.24) is 15.2 Å². The summed E-state index contributed by atoms with van der Waals surface area (Å²) >= 11 is 0. The quantitative estimate of drug-likeness (QED) is 0.564. The van der Waals surface area contributed by atoms with Gasteiger partial charge in [-0.25, -0.2) is 4.98 Å². The summed E-state index contributed by atoms with van der Waals surface area (Å²) in [6.45, 7) is 0.198. The van der Waals surface area contributed by atoms with Crippen molar-refractivity contribution in [3.63, 3.8) is 0 Å². The lowest BCUT2D eigenvalue weighted by atomic mass is 9.90. The van der Waals surface area contributed by atoms with E-state index in [-0.39, 0.29) is 43.1 Å². The van der Waals surface area contributed by atoms with Crippen molar-refractivity contribution in [2.24, 2.45) is 5.73 Å². The van der Waals surface area contributed by atoms with Gasteiger partial charge >= 0.3 is 6.18 Å². The zero-order valence-electron chi connectivity index (χ0n) is 18.7. The predicted octanol–water partition coefficient (Wildman–Crippen LogP) is 2.20. The van der Waals surface area contributed by atoms with E-state index in [4.69, 9.17) is 10.5 Å². The molecule has 1 aromatic carbocycles. The van der Waals surface area contributed by atoms with Gasteiger partial charge in [0.1, 0.15) is 6.10 Å². The third-order valence-corrected chi connectivity index (χ3v) is 6.49. The zero-order valence-corrected chi connectivity index (χ0v) is 18.7. The minimum Gasteiger partial charge on any atom is -0.474 e. The number of ether oxygens (including phenoxy) is 1. The van der Waals surface area contributed by atoms with Gasteiger partial charge in [0.25, 0.3) is 0 Å². The number of pyridine rings is 1. The first-order chi connectivity index (χ1) is 16.2. The van der Waals surface area contributed by atoms with Crippen LogP contribution < -0.4 is 15.8 Å². The van der Waals surface area contributed by atoms with Crippen molar-refractivity contribution in [2.75, 3.05) is 19.6 Å². The minimum absolute atomic E-state index is 0.105. The molecule has 4 N–H and O–H groups in total. The molecule has 2 aliphatic heterocycles. The van der Waals surface area contributed by atoms with Gasteiger partial charge in [-0.3, -0.25) is 9.69 Å². The lowest BCUT2D eigenvalue weighted by Gasteiger charge is -2.33. The van der Waals surface area contributed by atoms with E-state index in [9.17, 15) is 23.1 Å². The van der Waals surface area contributed by atoms with Crippen LogP contribution >= 0.6 is 0 Å². The standard InChI is InChI=1S/C24H29F3N4O3/c25-24(26,27)14-31-9-6-17(7-10-31)34-23-19(18(22(28)33)5-8-29-23)12-21(32)20-11-15-3-1-2-4-16(15)13-30-20/h1-5,8,17,20-21,30,32H,6-7,9-14H2,(H2,28,33)/t20-,21+/m0/s1. The molecule has 2 aliphatic rings. The van der Waals surface area contributed by atoms with E-state index in [1.807, 2.05) is 24.3 Å². The molecule has 0 radical (unpaired) electrons. The zero-order chi connectivity index (χ0) is 24.3. The van der Waals surface area contributed by atoms with E-state index in [1.165, 1.54) is 22.7 Å². The van der Waals surface area contributed by atoms with Crippen LogP contribution in [0.25, 0.3) is 0 Å². The van der Waals surface area contributed by atoms with E-state index in [2.05, 4.69) is 10.3 Å². The molecule has 2 aromatic rings. The van der Waals surface area contributed by atoms with Crippen molar-refractivity contribution >= 4 is 5.91 Å². The van der Waals surface area contributed by atoms with Crippen LogP contribution in [-0.2, 0) is 19.4 Å². The molecule has 10 heteroatoms. The number of primary amides is 1. The molecular formula is C24H29F3N4O3. The molecule has 2 atom stereocenters. The number of nitrogens with zero attached hydrogens (tertiary/aromatic N) is 2. The molecule has 3 heterocycles. The number of halogens is 3. The Bertz CT molecular complexity index is 1010. The number of likely N-dealkylation sites (tertiary alicyclic amines) is 1. The molecule has 0 saturated carbocycles. The van der Waals surface area contributed by atoms with Gasteiger partial charge in [-0.15, -0.1) is 0 Å². The van der Waals surface area contributed by atoms with Gasteiger partial charge in [0.05, 0.1) is 12.6 Å². The Morgan fingerprint density at radius 1 is 1.24 bits per heavy atom. The topological polar surface area (TPSA) is 101 Å². The number of amides is 1. The van der Waals surface area contributed by atoms with Gasteiger partial charge in [0.15, 0.2) is 0 Å². The summed E-state index contributed by atoms with van der Waals surface area (Å²) in [7, 11) is 0. The largest absolute Gasteiger partial charge is 0.474 e. The van der Waals surface area contributed by atoms with E-state index in [1.54, 1.807) is 0 Å². The number of aromatic nitrogens is 1. The summed E-state index contributed by atoms with van der Waals surface area (Å²) in [6.07, 6.45) is -2.43. The van der Waals surface area contributed by atoms with Crippen molar-refractivity contribution < 1.29 is 27.8 Å². The smallest absolute Gasteiger partial charge is 0.401 e. The lowest BCUT2D eigenvalue weighted by Crippen LogP contribution is -2.45. The average Bonchev–Trinajstić information content (AvgIpc) is 2.80. The molecule has 0 unspecified atom stereocenters. The number of carbonyl (C=O) groups excluding carboxylic acids is 1. The lowest BCUT2D eigenvalue weighted by molar-refractivity contribution is -0.149. The summed E-state index contributed by atoms with van der Waals surface area (Å²) < 4.78 is 44.0. The molecule has 7 nitrogen and oxygen atoms in total. The summed E-state index contributed by atoms with van der Waals surface area (Å²) in [4.78, 5) is 17.7. The second-order valence-electron chi connectivity index (χ2n) is 8.95. The Balaban J connectivity index is 1.45. The maximum absolute atomic E-state index is 12.7. The predicted molar refractivity (Wildman–Crippen MR) is 119 cm³/mol. The average molecular weight is 479 g/mol. The summed E-state index contributed by atoms with van der Waals surface area (Å²) in [5.74, 6) is -0.461. The van der Waals surface area contributed by atoms with Crippen molar-refractivity contribution in [2.45, 2.75) is 56.7 Å². The number of aliphatic hydroxyl groups is 1. The third kappa shape index (κ3) is 6.05. The van der Waals surface area contributed by atoms with Crippen molar-refractivity contribution in [3.8, 4) is 5.88 Å². The molecule has 1 fully saturated rings. The van der Waals surface area contributed by atoms with Gasteiger partial charge in [0, 0.05) is 49.4 Å². The Hall–Kier alpha value is -2.69. The molecule has 4 rings (SSSR count). The Labute approximate surface area is 196 Å². The molecule has 0 bridgehead atoms. The maximum Gasteiger partial charge on any atom is 0.401 e. The minimum atomic E-state index is -4.23. The van der Waals surface area contributed by atoms with Crippen LogP contribution in [0.2, 0.25) is 0 Å². The summed E-state index contributed by atoms with van der Waals surface area (Å²) in [5.41, 5.74) is 8.56. The van der Waals surface area contributed by atoms with Crippen LogP contribution in [-0.4, -0.2) is 65.0 Å².